The van der Waals surface area contributed by atoms with Crippen LogP contribution in [0.25, 0.3) is 0 Å². The Labute approximate surface area is 114 Å². The highest BCUT2D eigenvalue weighted by molar-refractivity contribution is 5.61. The molecule has 0 aromatic heterocycles. The number of alkyl halides is 3. The van der Waals surface area contributed by atoms with Gasteiger partial charge in [0.25, 0.3) is 0 Å². The number of anilines is 1. The Hall–Kier alpha value is -1.78. The second-order valence-corrected chi connectivity index (χ2v) is 4.52. The third kappa shape index (κ3) is 3.03. The molecule has 1 aromatic rings. The molecule has 0 aliphatic carbocycles. The Morgan fingerprint density at radius 3 is 2.80 bits per heavy atom. The van der Waals surface area contributed by atoms with Gasteiger partial charge in [0.15, 0.2) is 0 Å². The molecule has 1 atom stereocenters. The van der Waals surface area contributed by atoms with Crippen LogP contribution in [0.2, 0.25) is 0 Å². The van der Waals surface area contributed by atoms with E-state index in [0.29, 0.717) is 31.9 Å². The van der Waals surface area contributed by atoms with Gasteiger partial charge in [0.05, 0.1) is 29.5 Å². The van der Waals surface area contributed by atoms with Crippen molar-refractivity contribution in [2.24, 2.45) is 5.73 Å². The summed E-state index contributed by atoms with van der Waals surface area (Å²) in [7, 11) is 0. The maximum atomic E-state index is 12.6. The fourth-order valence-corrected chi connectivity index (χ4v) is 2.16. The number of benzene rings is 1. The molecule has 4 nitrogen and oxygen atoms in total. The lowest BCUT2D eigenvalue weighted by Crippen LogP contribution is -2.46. The lowest BCUT2D eigenvalue weighted by atomic mass is 10.1. The SMILES string of the molecule is N#Cc1cc(C(F)(F)F)ccc1N1CCOC(CN)C1. The maximum absolute atomic E-state index is 12.6. The van der Waals surface area contributed by atoms with Gasteiger partial charge in [-0.3, -0.25) is 0 Å². The number of morpholine rings is 1. The van der Waals surface area contributed by atoms with Gasteiger partial charge < -0.3 is 15.4 Å². The van der Waals surface area contributed by atoms with Crippen LogP contribution in [0.3, 0.4) is 0 Å². The number of nitrogens with two attached hydrogens (primary N) is 1. The van der Waals surface area contributed by atoms with Gasteiger partial charge >= 0.3 is 6.18 Å². The van der Waals surface area contributed by atoms with E-state index in [1.807, 2.05) is 11.0 Å². The van der Waals surface area contributed by atoms with Crippen LogP contribution >= 0.6 is 0 Å². The van der Waals surface area contributed by atoms with Crippen molar-refractivity contribution in [2.45, 2.75) is 12.3 Å². The molecule has 0 radical (unpaired) electrons. The second-order valence-electron chi connectivity index (χ2n) is 4.52. The molecular formula is C13H14F3N3O. The Morgan fingerprint density at radius 1 is 1.45 bits per heavy atom. The van der Waals surface area contributed by atoms with Crippen molar-refractivity contribution in [3.63, 3.8) is 0 Å². The van der Waals surface area contributed by atoms with Gasteiger partial charge in [-0.05, 0) is 18.2 Å². The number of nitriles is 1. The van der Waals surface area contributed by atoms with Gasteiger partial charge in [-0.15, -0.1) is 0 Å². The topological polar surface area (TPSA) is 62.3 Å². The first-order valence-electron chi connectivity index (χ1n) is 6.13. The minimum Gasteiger partial charge on any atom is -0.373 e. The van der Waals surface area contributed by atoms with Crippen LogP contribution in [0.5, 0.6) is 0 Å². The third-order valence-electron chi connectivity index (χ3n) is 3.19. The van der Waals surface area contributed by atoms with Crippen molar-refractivity contribution in [1.29, 1.82) is 5.26 Å². The average Bonchev–Trinajstić information content (AvgIpc) is 2.45. The minimum absolute atomic E-state index is 0.0116. The summed E-state index contributed by atoms with van der Waals surface area (Å²) >= 11 is 0. The molecular weight excluding hydrogens is 271 g/mol. The summed E-state index contributed by atoms with van der Waals surface area (Å²) in [5.74, 6) is 0. The normalized spacial score (nSPS) is 19.8. The zero-order chi connectivity index (χ0) is 14.8. The summed E-state index contributed by atoms with van der Waals surface area (Å²) in [6.07, 6.45) is -4.62. The molecule has 2 rings (SSSR count). The standard InChI is InChI=1S/C13H14F3N3O/c14-13(15,16)10-1-2-12(9(5-10)6-17)19-3-4-20-11(7-18)8-19/h1-2,5,11H,3-4,7-8,18H2. The lowest BCUT2D eigenvalue weighted by Gasteiger charge is -2.34. The molecule has 1 aliphatic heterocycles. The summed E-state index contributed by atoms with van der Waals surface area (Å²) < 4.78 is 43.3. The van der Waals surface area contributed by atoms with E-state index in [-0.39, 0.29) is 11.7 Å². The van der Waals surface area contributed by atoms with Crippen molar-refractivity contribution in [3.8, 4) is 6.07 Å². The van der Waals surface area contributed by atoms with Crippen LogP contribution in [0.4, 0.5) is 18.9 Å². The Balaban J connectivity index is 2.30. The highest BCUT2D eigenvalue weighted by Gasteiger charge is 2.32. The van der Waals surface area contributed by atoms with Gasteiger partial charge in [-0.2, -0.15) is 18.4 Å². The molecule has 1 fully saturated rings. The molecule has 1 aliphatic rings. The maximum Gasteiger partial charge on any atom is 0.416 e. The van der Waals surface area contributed by atoms with Gasteiger partial charge in [-0.1, -0.05) is 0 Å². The first-order valence-corrected chi connectivity index (χ1v) is 6.13. The summed E-state index contributed by atoms with van der Waals surface area (Å²) in [5.41, 5.74) is 5.21. The predicted octanol–water partition coefficient (Wildman–Crippen LogP) is 1.74. The highest BCUT2D eigenvalue weighted by Crippen LogP contribution is 2.33. The van der Waals surface area contributed by atoms with Gasteiger partial charge in [0, 0.05) is 19.6 Å². The van der Waals surface area contributed by atoms with Gasteiger partial charge in [-0.25, -0.2) is 0 Å². The van der Waals surface area contributed by atoms with Crippen LogP contribution in [-0.4, -0.2) is 32.3 Å². The van der Waals surface area contributed by atoms with Crippen LogP contribution in [-0.2, 0) is 10.9 Å². The Kier molecular flexibility index (Phi) is 4.16. The zero-order valence-electron chi connectivity index (χ0n) is 10.7. The van der Waals surface area contributed by atoms with E-state index in [1.165, 1.54) is 6.07 Å². The first kappa shape index (κ1) is 14.6. The first-order chi connectivity index (χ1) is 9.45. The molecule has 1 saturated heterocycles. The van der Waals surface area contributed by atoms with Gasteiger partial charge in [0.1, 0.15) is 6.07 Å². The van der Waals surface area contributed by atoms with Crippen molar-refractivity contribution in [1.82, 2.24) is 0 Å². The number of rotatable bonds is 2. The smallest absolute Gasteiger partial charge is 0.373 e. The van der Waals surface area contributed by atoms with E-state index in [0.717, 1.165) is 12.1 Å². The molecule has 2 N–H and O–H groups in total. The predicted molar refractivity (Wildman–Crippen MR) is 67.2 cm³/mol. The Morgan fingerprint density at radius 2 is 2.20 bits per heavy atom. The quantitative estimate of drug-likeness (QED) is 0.899. The van der Waals surface area contributed by atoms with Crippen molar-refractivity contribution in [3.05, 3.63) is 29.3 Å². The van der Waals surface area contributed by atoms with Crippen LogP contribution in [0, 0.1) is 11.3 Å². The van der Waals surface area contributed by atoms with Crippen molar-refractivity contribution in [2.75, 3.05) is 31.1 Å². The lowest BCUT2D eigenvalue weighted by molar-refractivity contribution is -0.137. The molecule has 0 bridgehead atoms. The largest absolute Gasteiger partial charge is 0.416 e. The molecule has 0 saturated carbocycles. The van der Waals surface area contributed by atoms with Crippen molar-refractivity contribution < 1.29 is 17.9 Å². The molecule has 108 valence electrons. The molecule has 20 heavy (non-hydrogen) atoms. The molecule has 0 spiro atoms. The van der Waals surface area contributed by atoms with E-state index >= 15 is 0 Å². The van der Waals surface area contributed by atoms with Crippen LogP contribution in [0.15, 0.2) is 18.2 Å². The fourth-order valence-electron chi connectivity index (χ4n) is 2.16. The number of hydrogen-bond acceptors (Lipinski definition) is 4. The van der Waals surface area contributed by atoms with E-state index in [2.05, 4.69) is 0 Å². The van der Waals surface area contributed by atoms with Crippen LogP contribution in [0.1, 0.15) is 11.1 Å². The zero-order valence-corrected chi connectivity index (χ0v) is 10.7. The van der Waals surface area contributed by atoms with E-state index in [9.17, 15) is 13.2 Å². The monoisotopic (exact) mass is 285 g/mol. The highest BCUT2D eigenvalue weighted by atomic mass is 19.4. The summed E-state index contributed by atoms with van der Waals surface area (Å²) in [6, 6.07) is 5.02. The van der Waals surface area contributed by atoms with E-state index in [4.69, 9.17) is 15.7 Å². The van der Waals surface area contributed by atoms with E-state index < -0.39 is 11.7 Å². The number of hydrogen-bond donors (Lipinski definition) is 1. The summed E-state index contributed by atoms with van der Waals surface area (Å²) in [4.78, 5) is 1.83. The second kappa shape index (κ2) is 5.69. The van der Waals surface area contributed by atoms with Gasteiger partial charge in [0.2, 0.25) is 0 Å². The number of ether oxygens (including phenoxy) is 1. The third-order valence-corrected chi connectivity index (χ3v) is 3.19. The molecule has 0 amide bonds. The Bertz CT molecular complexity index is 525. The molecule has 1 aromatic carbocycles. The molecule has 7 heteroatoms. The fraction of sp³-hybridized carbons (Fsp3) is 0.462. The summed E-state index contributed by atoms with van der Waals surface area (Å²) in [6.45, 7) is 1.76. The van der Waals surface area contributed by atoms with E-state index in [1.54, 1.807) is 0 Å². The minimum atomic E-state index is -4.45. The molecule has 1 unspecified atom stereocenters. The summed E-state index contributed by atoms with van der Waals surface area (Å²) in [5, 5.41) is 9.06. The average molecular weight is 285 g/mol. The molecule has 1 heterocycles. The number of halogens is 3. The number of nitrogens with zero attached hydrogens (tertiary/aromatic N) is 2. The van der Waals surface area contributed by atoms with Crippen LogP contribution < -0.4 is 10.6 Å². The van der Waals surface area contributed by atoms with Crippen molar-refractivity contribution >= 4 is 5.69 Å².